The fourth-order valence-corrected chi connectivity index (χ4v) is 3.83. The van der Waals surface area contributed by atoms with Crippen molar-refractivity contribution in [2.75, 3.05) is 39.1 Å². The maximum absolute atomic E-state index is 12.4. The van der Waals surface area contributed by atoms with Gasteiger partial charge in [0.2, 0.25) is 10.0 Å². The quantitative estimate of drug-likeness (QED) is 0.896. The van der Waals surface area contributed by atoms with E-state index < -0.39 is 10.0 Å². The van der Waals surface area contributed by atoms with Gasteiger partial charge < -0.3 is 10.2 Å². The molecule has 0 spiro atoms. The van der Waals surface area contributed by atoms with Crippen LogP contribution in [0.3, 0.4) is 0 Å². The predicted octanol–water partition coefficient (Wildman–Crippen LogP) is 1.52. The van der Waals surface area contributed by atoms with Crippen molar-refractivity contribution in [3.8, 4) is 0 Å². The fraction of sp³-hybridized carbons (Fsp3) is 0.600. The summed E-state index contributed by atoms with van der Waals surface area (Å²) in [6.45, 7) is 1.87. The number of rotatable bonds is 5. The minimum absolute atomic E-state index is 0.369. The van der Waals surface area contributed by atoms with Crippen molar-refractivity contribution in [1.29, 1.82) is 0 Å². The third kappa shape index (κ3) is 3.75. The minimum Gasteiger partial charge on any atom is -0.372 e. The Labute approximate surface area is 128 Å². The molecule has 1 saturated heterocycles. The topological polar surface area (TPSA) is 52.7 Å². The summed E-state index contributed by atoms with van der Waals surface area (Å²) in [5.74, 6) is 0. The molecule has 2 rings (SSSR count). The summed E-state index contributed by atoms with van der Waals surface area (Å²) in [6, 6.07) is 7.63. The number of para-hydroxylation sites is 1. The third-order valence-corrected chi connectivity index (χ3v) is 5.80. The highest BCUT2D eigenvalue weighted by atomic mass is 32.2. The number of benzene rings is 1. The molecule has 6 heteroatoms. The molecule has 21 heavy (non-hydrogen) atoms. The van der Waals surface area contributed by atoms with Crippen LogP contribution in [0.2, 0.25) is 0 Å². The van der Waals surface area contributed by atoms with Gasteiger partial charge in [-0.25, -0.2) is 12.7 Å². The Hall–Kier alpha value is -1.11. The second-order valence-corrected chi connectivity index (χ2v) is 7.90. The number of piperidine rings is 1. The van der Waals surface area contributed by atoms with E-state index in [0.29, 0.717) is 10.9 Å². The Morgan fingerprint density at radius 1 is 1.19 bits per heavy atom. The van der Waals surface area contributed by atoms with Crippen LogP contribution in [-0.4, -0.2) is 53.0 Å². The van der Waals surface area contributed by atoms with Crippen molar-refractivity contribution in [2.45, 2.75) is 30.2 Å². The van der Waals surface area contributed by atoms with Gasteiger partial charge in [0.25, 0.3) is 0 Å². The number of likely N-dealkylation sites (N-methyl/N-ethyl adjacent to an activating group) is 1. The van der Waals surface area contributed by atoms with Gasteiger partial charge in [-0.05, 0) is 31.5 Å². The maximum Gasteiger partial charge on any atom is 0.244 e. The van der Waals surface area contributed by atoms with Crippen LogP contribution in [0.1, 0.15) is 19.3 Å². The first-order valence-electron chi connectivity index (χ1n) is 7.39. The molecule has 1 N–H and O–H groups in total. The molecule has 0 saturated carbocycles. The van der Waals surface area contributed by atoms with Crippen LogP contribution in [0.25, 0.3) is 0 Å². The Kier molecular flexibility index (Phi) is 5.24. The van der Waals surface area contributed by atoms with Gasteiger partial charge in [-0.2, -0.15) is 0 Å². The van der Waals surface area contributed by atoms with Crippen LogP contribution in [-0.2, 0) is 10.0 Å². The molecule has 5 nitrogen and oxygen atoms in total. The van der Waals surface area contributed by atoms with Gasteiger partial charge in [0.05, 0.1) is 5.69 Å². The van der Waals surface area contributed by atoms with E-state index in [1.807, 2.05) is 24.1 Å². The zero-order valence-electron chi connectivity index (χ0n) is 13.0. The molecule has 1 aromatic carbocycles. The number of nitrogens with zero attached hydrogens (tertiary/aromatic N) is 2. The highest BCUT2D eigenvalue weighted by molar-refractivity contribution is 7.89. The number of hydrogen-bond donors (Lipinski definition) is 1. The molecule has 1 aliphatic heterocycles. The second-order valence-electron chi connectivity index (χ2n) is 5.78. The lowest BCUT2D eigenvalue weighted by Gasteiger charge is -2.30. The summed E-state index contributed by atoms with van der Waals surface area (Å²) in [4.78, 5) is 2.41. The Bertz CT molecular complexity index is 566. The normalized spacial score (nSPS) is 19.7. The molecular formula is C15H25N3O2S. The minimum atomic E-state index is -3.42. The Morgan fingerprint density at radius 2 is 1.90 bits per heavy atom. The Morgan fingerprint density at radius 3 is 2.52 bits per heavy atom. The highest BCUT2D eigenvalue weighted by Gasteiger charge is 2.24. The molecule has 1 aliphatic rings. The van der Waals surface area contributed by atoms with Crippen LogP contribution in [0, 0.1) is 0 Å². The van der Waals surface area contributed by atoms with E-state index in [0.717, 1.165) is 25.2 Å². The first-order valence-corrected chi connectivity index (χ1v) is 8.83. The lowest BCUT2D eigenvalue weighted by atomic mass is 10.0. The molecule has 1 fully saturated rings. The van der Waals surface area contributed by atoms with E-state index in [1.165, 1.54) is 17.1 Å². The van der Waals surface area contributed by atoms with E-state index in [9.17, 15) is 8.42 Å². The number of hydrogen-bond acceptors (Lipinski definition) is 4. The van der Waals surface area contributed by atoms with Gasteiger partial charge in [0.1, 0.15) is 4.90 Å². The van der Waals surface area contributed by atoms with Crippen LogP contribution >= 0.6 is 0 Å². The summed E-state index contributed by atoms with van der Waals surface area (Å²) in [6.07, 6.45) is 3.61. The Balaban J connectivity index is 2.23. The van der Waals surface area contributed by atoms with Crippen LogP contribution in [0.4, 0.5) is 5.69 Å². The number of nitrogens with one attached hydrogen (secondary N) is 1. The van der Waals surface area contributed by atoms with Crippen LogP contribution < -0.4 is 10.2 Å². The van der Waals surface area contributed by atoms with Crippen molar-refractivity contribution in [2.24, 2.45) is 0 Å². The van der Waals surface area contributed by atoms with Crippen molar-refractivity contribution in [3.05, 3.63) is 24.3 Å². The molecule has 0 radical (unpaired) electrons. The molecule has 1 aromatic rings. The van der Waals surface area contributed by atoms with Crippen molar-refractivity contribution in [1.82, 2.24) is 9.62 Å². The average molecular weight is 311 g/mol. The molecular weight excluding hydrogens is 286 g/mol. The lowest BCUT2D eigenvalue weighted by Crippen LogP contribution is -2.42. The molecule has 1 atom stereocenters. The molecule has 0 aromatic heterocycles. The number of sulfonamides is 1. The van der Waals surface area contributed by atoms with Crippen molar-refractivity contribution < 1.29 is 8.42 Å². The SMILES string of the molecule is CN(CC1CCCCN1)c1ccccc1S(=O)(=O)N(C)C. The van der Waals surface area contributed by atoms with Crippen LogP contribution in [0.15, 0.2) is 29.2 Å². The molecule has 118 valence electrons. The molecule has 0 aliphatic carbocycles. The molecule has 1 heterocycles. The molecule has 0 bridgehead atoms. The largest absolute Gasteiger partial charge is 0.372 e. The fourth-order valence-electron chi connectivity index (χ4n) is 2.70. The predicted molar refractivity (Wildman–Crippen MR) is 86.2 cm³/mol. The second kappa shape index (κ2) is 6.77. The van der Waals surface area contributed by atoms with Crippen LogP contribution in [0.5, 0.6) is 0 Å². The standard InChI is InChI=1S/C15H25N3O2S/c1-17(2)21(19,20)15-10-5-4-9-14(15)18(3)12-13-8-6-7-11-16-13/h4-5,9-10,13,16H,6-8,11-12H2,1-3H3. The van der Waals surface area contributed by atoms with Gasteiger partial charge >= 0.3 is 0 Å². The van der Waals surface area contributed by atoms with E-state index in [1.54, 1.807) is 26.2 Å². The van der Waals surface area contributed by atoms with Gasteiger partial charge in [-0.1, -0.05) is 18.6 Å². The van der Waals surface area contributed by atoms with E-state index >= 15 is 0 Å². The molecule has 0 amide bonds. The first-order chi connectivity index (χ1) is 9.93. The van der Waals surface area contributed by atoms with Gasteiger partial charge in [0.15, 0.2) is 0 Å². The zero-order valence-corrected chi connectivity index (χ0v) is 13.9. The van der Waals surface area contributed by atoms with E-state index in [-0.39, 0.29) is 0 Å². The molecule has 1 unspecified atom stereocenters. The average Bonchev–Trinajstić information content (AvgIpc) is 2.48. The van der Waals surface area contributed by atoms with Gasteiger partial charge in [-0.3, -0.25) is 0 Å². The number of anilines is 1. The van der Waals surface area contributed by atoms with Gasteiger partial charge in [0, 0.05) is 33.7 Å². The summed E-state index contributed by atoms with van der Waals surface area (Å²) < 4.78 is 26.1. The maximum atomic E-state index is 12.4. The monoisotopic (exact) mass is 311 g/mol. The summed E-state index contributed by atoms with van der Waals surface area (Å²) in [7, 11) is 1.67. The summed E-state index contributed by atoms with van der Waals surface area (Å²) in [5, 5.41) is 3.50. The van der Waals surface area contributed by atoms with E-state index in [2.05, 4.69) is 5.32 Å². The zero-order chi connectivity index (χ0) is 15.5. The third-order valence-electron chi connectivity index (χ3n) is 3.94. The first kappa shape index (κ1) is 16.3. The van der Waals surface area contributed by atoms with Crippen molar-refractivity contribution in [3.63, 3.8) is 0 Å². The van der Waals surface area contributed by atoms with E-state index in [4.69, 9.17) is 0 Å². The summed E-state index contributed by atoms with van der Waals surface area (Å²) in [5.41, 5.74) is 0.763. The lowest BCUT2D eigenvalue weighted by molar-refractivity contribution is 0.403. The van der Waals surface area contributed by atoms with Crippen molar-refractivity contribution >= 4 is 15.7 Å². The highest BCUT2D eigenvalue weighted by Crippen LogP contribution is 2.26. The summed E-state index contributed by atoms with van der Waals surface area (Å²) >= 11 is 0. The van der Waals surface area contributed by atoms with Gasteiger partial charge in [-0.15, -0.1) is 0 Å². The smallest absolute Gasteiger partial charge is 0.244 e.